The average Bonchev–Trinajstić information content (AvgIpc) is 3.14. The van der Waals surface area contributed by atoms with Gasteiger partial charge in [0.15, 0.2) is 0 Å². The molecule has 0 aromatic carbocycles. The Labute approximate surface area is 189 Å². The highest BCUT2D eigenvalue weighted by Gasteiger charge is 2.23. The minimum Gasteiger partial charge on any atom is -0.350 e. The zero-order chi connectivity index (χ0) is 23.3. The summed E-state index contributed by atoms with van der Waals surface area (Å²) in [5.41, 5.74) is 1.07. The number of aromatic nitrogens is 2. The molecule has 2 N–H and O–H groups in total. The molecule has 32 heavy (non-hydrogen) atoms. The van der Waals surface area contributed by atoms with Gasteiger partial charge in [-0.05, 0) is 39.5 Å². The third-order valence-electron chi connectivity index (χ3n) is 6.06. The number of carbonyl (C=O) groups is 2. The van der Waals surface area contributed by atoms with E-state index in [4.69, 9.17) is 0 Å². The second-order valence-electron chi connectivity index (χ2n) is 8.40. The van der Waals surface area contributed by atoms with Crippen molar-refractivity contribution in [3.8, 4) is 0 Å². The van der Waals surface area contributed by atoms with Gasteiger partial charge in [-0.1, -0.05) is 12.8 Å². The van der Waals surface area contributed by atoms with E-state index in [-0.39, 0.29) is 24.9 Å². The third-order valence-corrected chi connectivity index (χ3v) is 7.55. The van der Waals surface area contributed by atoms with Crippen molar-refractivity contribution in [1.82, 2.24) is 19.7 Å². The molecule has 0 bridgehead atoms. The van der Waals surface area contributed by atoms with Crippen molar-refractivity contribution in [3.63, 3.8) is 0 Å². The van der Waals surface area contributed by atoms with E-state index in [1.807, 2.05) is 0 Å². The van der Waals surface area contributed by atoms with Gasteiger partial charge in [0.2, 0.25) is 11.8 Å². The number of nitrogens with zero attached hydrogens (tertiary/aromatic N) is 2. The first kappa shape index (κ1) is 24.2. The third kappa shape index (κ3) is 5.46. The van der Waals surface area contributed by atoms with Crippen molar-refractivity contribution in [2.24, 2.45) is 0 Å². The summed E-state index contributed by atoms with van der Waals surface area (Å²) in [5.74, 6) is 1.02. The summed E-state index contributed by atoms with van der Waals surface area (Å²) in [6.07, 6.45) is 5.44. The van der Waals surface area contributed by atoms with Gasteiger partial charge < -0.3 is 10.6 Å². The van der Waals surface area contributed by atoms with Crippen LogP contribution in [-0.2, 0) is 33.5 Å². The molecule has 0 unspecified atom stereocenters. The molecule has 9 nitrogen and oxygen atoms in total. The van der Waals surface area contributed by atoms with Gasteiger partial charge in [-0.2, -0.15) is 4.52 Å². The van der Waals surface area contributed by atoms with Crippen LogP contribution in [-0.4, -0.2) is 36.6 Å². The Bertz CT molecular complexity index is 1040. The maximum absolute atomic E-state index is 12.7. The summed E-state index contributed by atoms with van der Waals surface area (Å²) in [6, 6.07) is 0. The predicted octanol–water partition coefficient (Wildman–Crippen LogP) is 0.929. The molecule has 1 aliphatic rings. The van der Waals surface area contributed by atoms with Crippen LogP contribution in [0.5, 0.6) is 0 Å². The maximum atomic E-state index is 12.7. The van der Waals surface area contributed by atoms with Gasteiger partial charge in [0, 0.05) is 46.3 Å². The van der Waals surface area contributed by atoms with Gasteiger partial charge in [0.25, 0.3) is 11.1 Å². The van der Waals surface area contributed by atoms with E-state index >= 15 is 0 Å². The Morgan fingerprint density at radius 1 is 0.656 bits per heavy atom. The van der Waals surface area contributed by atoms with Crippen LogP contribution in [0, 0.1) is 13.8 Å². The van der Waals surface area contributed by atoms with E-state index in [1.165, 1.54) is 0 Å². The lowest BCUT2D eigenvalue weighted by atomic mass is 10.2. The van der Waals surface area contributed by atoms with E-state index in [0.29, 0.717) is 59.7 Å². The van der Waals surface area contributed by atoms with Crippen molar-refractivity contribution >= 4 is 22.6 Å². The summed E-state index contributed by atoms with van der Waals surface area (Å²) in [4.78, 5) is 50.0. The molecule has 0 spiro atoms. The Morgan fingerprint density at radius 3 is 1.53 bits per heavy atom. The van der Waals surface area contributed by atoms with E-state index in [0.717, 1.165) is 30.2 Å². The highest BCUT2D eigenvalue weighted by atomic mass is 32.2. The number of hydrogen-bond acceptors (Lipinski definition) is 5. The summed E-state index contributed by atoms with van der Waals surface area (Å²) in [5, 5.41) is 5.69. The normalized spacial score (nSPS) is 18.9. The second-order valence-corrected chi connectivity index (χ2v) is 10.1. The summed E-state index contributed by atoms with van der Waals surface area (Å²) < 4.78 is 14.7. The first-order chi connectivity index (χ1) is 15.3. The molecule has 0 aliphatic carbocycles. The van der Waals surface area contributed by atoms with Gasteiger partial charge in [0.1, 0.15) is 0 Å². The van der Waals surface area contributed by atoms with Gasteiger partial charge in [-0.15, -0.1) is 0 Å². The summed E-state index contributed by atoms with van der Waals surface area (Å²) >= 11 is 0. The highest BCUT2D eigenvalue weighted by molar-refractivity contribution is 7.84. The van der Waals surface area contributed by atoms with Crippen LogP contribution >= 0.6 is 0 Å². The minimum atomic E-state index is -0.854. The monoisotopic (exact) mass is 464 g/mol. The van der Waals surface area contributed by atoms with Gasteiger partial charge in [-0.3, -0.25) is 23.4 Å². The van der Waals surface area contributed by atoms with Crippen LogP contribution in [0.4, 0.5) is 0 Å². The molecule has 2 aromatic rings. The Morgan fingerprint density at radius 2 is 1.09 bits per heavy atom. The van der Waals surface area contributed by atoms with E-state index in [1.54, 1.807) is 18.4 Å². The maximum Gasteiger partial charge on any atom is 0.277 e. The Kier molecular flexibility index (Phi) is 8.22. The predicted molar refractivity (Wildman–Crippen MR) is 123 cm³/mol. The van der Waals surface area contributed by atoms with Gasteiger partial charge in [-0.25, -0.2) is 4.52 Å². The summed E-state index contributed by atoms with van der Waals surface area (Å²) in [6.45, 7) is 3.52. The van der Waals surface area contributed by atoms with Crippen molar-refractivity contribution < 1.29 is 13.8 Å². The fraction of sp³-hybridized carbons (Fsp3) is 0.636. The molecule has 0 saturated heterocycles. The number of nitrogens with one attached hydrogen (secondary N) is 2. The molecular weight excluding hydrogens is 432 g/mol. The highest BCUT2D eigenvalue weighted by Crippen LogP contribution is 2.12. The molecule has 0 fully saturated rings. The molecule has 3 rings (SSSR count). The minimum absolute atomic E-state index is 0.120. The quantitative estimate of drug-likeness (QED) is 0.601. The van der Waals surface area contributed by atoms with E-state index in [2.05, 4.69) is 10.6 Å². The van der Waals surface area contributed by atoms with E-state index in [9.17, 15) is 23.4 Å². The lowest BCUT2D eigenvalue weighted by Gasteiger charge is -2.10. The first-order valence-corrected chi connectivity index (χ1v) is 12.8. The van der Waals surface area contributed by atoms with E-state index < -0.39 is 21.9 Å². The number of carbonyl (C=O) groups excluding carboxylic acids is 2. The molecule has 2 aromatic heterocycles. The van der Waals surface area contributed by atoms with Crippen LogP contribution in [0.25, 0.3) is 0 Å². The number of rotatable bonds is 0. The summed E-state index contributed by atoms with van der Waals surface area (Å²) in [7, 11) is -0.854. The molecule has 0 radical (unpaired) electrons. The molecule has 1 aliphatic heterocycles. The lowest BCUT2D eigenvalue weighted by Crippen LogP contribution is -2.26. The van der Waals surface area contributed by atoms with Crippen LogP contribution in [0.1, 0.15) is 73.9 Å². The van der Waals surface area contributed by atoms with Crippen LogP contribution in [0.2, 0.25) is 0 Å². The Balaban J connectivity index is 1.85. The van der Waals surface area contributed by atoms with Crippen molar-refractivity contribution in [2.75, 3.05) is 11.5 Å². The average molecular weight is 465 g/mol. The molecule has 176 valence electrons. The molecule has 3 heterocycles. The van der Waals surface area contributed by atoms with Gasteiger partial charge >= 0.3 is 0 Å². The van der Waals surface area contributed by atoms with Crippen molar-refractivity contribution in [2.45, 2.75) is 78.3 Å². The van der Waals surface area contributed by atoms with Crippen LogP contribution in [0.3, 0.4) is 0 Å². The van der Waals surface area contributed by atoms with Crippen molar-refractivity contribution in [3.05, 3.63) is 43.2 Å². The molecule has 0 atom stereocenters. The molecular formula is C22H32N4O5S. The smallest absolute Gasteiger partial charge is 0.277 e. The Hall–Kier alpha value is -2.49. The fourth-order valence-corrected chi connectivity index (χ4v) is 5.33. The molecule has 2 amide bonds. The molecule has 0 saturated carbocycles. The fourth-order valence-electron chi connectivity index (χ4n) is 4.07. The topological polar surface area (TPSA) is 118 Å². The zero-order valence-corrected chi connectivity index (χ0v) is 19.6. The standard InChI is InChI=1S/C22H32N4O5S/c1-15-17-13-23-19(27)9-5-3-7-11-32(31)12-8-4-6-10-20(28)24-14-18-16(2)22(30)26(21(15)29)25(17)18/h3-14H2,1-2H3,(H,23,27)(H,24,28). The number of amides is 2. The van der Waals surface area contributed by atoms with Crippen LogP contribution in [0.15, 0.2) is 9.59 Å². The lowest BCUT2D eigenvalue weighted by molar-refractivity contribution is -0.122. The van der Waals surface area contributed by atoms with Crippen molar-refractivity contribution in [1.29, 1.82) is 0 Å². The SMILES string of the molecule is Cc1c2n3c(c(C)c(=O)n3c1=O)CNC(=O)CCCCCS(=O)CCCCCC(=O)NC2. The van der Waals surface area contributed by atoms with Crippen LogP contribution < -0.4 is 21.8 Å². The largest absolute Gasteiger partial charge is 0.350 e. The zero-order valence-electron chi connectivity index (χ0n) is 18.8. The van der Waals surface area contributed by atoms with Gasteiger partial charge in [0.05, 0.1) is 24.5 Å². The second kappa shape index (κ2) is 10.9. The first-order valence-electron chi connectivity index (χ1n) is 11.3. The number of hydrogen-bond donors (Lipinski definition) is 2. The molecule has 10 heteroatoms.